The normalized spacial score (nSPS) is 10.9. The average Bonchev–Trinajstić information content (AvgIpc) is 2.49. The fraction of sp³-hybridized carbons (Fsp3) is 0.0588. The molecule has 116 valence electrons. The fourth-order valence-corrected chi connectivity index (χ4v) is 2.51. The number of aromatic nitrogens is 1. The monoisotopic (exact) mass is 317 g/mol. The lowest BCUT2D eigenvalue weighted by Crippen LogP contribution is -2.15. The van der Waals surface area contributed by atoms with Crippen molar-refractivity contribution in [3.63, 3.8) is 0 Å². The van der Waals surface area contributed by atoms with E-state index in [1.807, 2.05) is 0 Å². The van der Waals surface area contributed by atoms with E-state index in [9.17, 15) is 22.8 Å². The van der Waals surface area contributed by atoms with Gasteiger partial charge in [0.2, 0.25) is 0 Å². The van der Waals surface area contributed by atoms with Gasteiger partial charge < -0.3 is 4.57 Å². The topological polar surface area (TPSA) is 39.1 Å². The number of pyridine rings is 1. The lowest BCUT2D eigenvalue weighted by Gasteiger charge is -2.12. The molecular formula is C17H10F3NO2. The van der Waals surface area contributed by atoms with E-state index in [2.05, 4.69) is 0 Å². The van der Waals surface area contributed by atoms with Gasteiger partial charge in [-0.15, -0.1) is 0 Å². The molecule has 0 N–H and O–H groups in total. The van der Waals surface area contributed by atoms with Gasteiger partial charge in [0.15, 0.2) is 11.7 Å². The molecule has 3 aromatic rings. The number of hydrogen-bond acceptors (Lipinski definition) is 2. The van der Waals surface area contributed by atoms with Crippen LogP contribution in [0.15, 0.2) is 47.4 Å². The number of rotatable bonds is 3. The highest BCUT2D eigenvalue weighted by atomic mass is 19.1. The molecule has 0 aliphatic carbocycles. The first-order chi connectivity index (χ1) is 11.0. The van der Waals surface area contributed by atoms with Crippen molar-refractivity contribution >= 4 is 17.2 Å². The molecule has 0 saturated carbocycles. The van der Waals surface area contributed by atoms with Crippen LogP contribution in [0, 0.1) is 17.5 Å². The smallest absolute Gasteiger partial charge is 0.199 e. The van der Waals surface area contributed by atoms with Crippen molar-refractivity contribution in [3.05, 3.63) is 81.4 Å². The molecule has 3 rings (SSSR count). The van der Waals surface area contributed by atoms with Gasteiger partial charge in [-0.2, -0.15) is 0 Å². The van der Waals surface area contributed by atoms with Crippen LogP contribution < -0.4 is 5.43 Å². The Morgan fingerprint density at radius 3 is 2.30 bits per heavy atom. The summed E-state index contributed by atoms with van der Waals surface area (Å²) in [7, 11) is 0. The van der Waals surface area contributed by atoms with Crippen LogP contribution in [0.3, 0.4) is 0 Å². The molecule has 0 bridgehead atoms. The second kappa shape index (κ2) is 5.72. The standard InChI is InChI=1S/C17H10F3NO2/c18-12-1-2-16-15(6-12)17(23)11(9-22)8-21(16)7-10-3-13(19)5-14(20)4-10/h1-6,8-9H,7H2. The number of aldehydes is 1. The van der Waals surface area contributed by atoms with Crippen molar-refractivity contribution in [3.8, 4) is 0 Å². The summed E-state index contributed by atoms with van der Waals surface area (Å²) in [6.07, 6.45) is 1.66. The maximum Gasteiger partial charge on any atom is 0.199 e. The summed E-state index contributed by atoms with van der Waals surface area (Å²) in [6.45, 7) is 0.0257. The highest BCUT2D eigenvalue weighted by Gasteiger charge is 2.11. The third kappa shape index (κ3) is 2.88. The van der Waals surface area contributed by atoms with E-state index in [4.69, 9.17) is 0 Å². The molecule has 1 aromatic heterocycles. The molecule has 23 heavy (non-hydrogen) atoms. The van der Waals surface area contributed by atoms with Crippen molar-refractivity contribution in [2.45, 2.75) is 6.54 Å². The first-order valence-corrected chi connectivity index (χ1v) is 6.71. The second-order valence-corrected chi connectivity index (χ2v) is 5.10. The molecule has 0 unspecified atom stereocenters. The summed E-state index contributed by atoms with van der Waals surface area (Å²) in [5.74, 6) is -2.07. The first-order valence-electron chi connectivity index (χ1n) is 6.71. The minimum atomic E-state index is -0.730. The molecule has 0 amide bonds. The SMILES string of the molecule is O=Cc1cn(Cc2cc(F)cc(F)c2)c2ccc(F)cc2c1=O. The highest BCUT2D eigenvalue weighted by molar-refractivity contribution is 5.86. The Bertz CT molecular complexity index is 959. The molecule has 6 heteroatoms. The maximum atomic E-state index is 13.4. The van der Waals surface area contributed by atoms with Gasteiger partial charge in [0, 0.05) is 24.2 Å². The number of carbonyl (C=O) groups excluding carboxylic acids is 1. The predicted octanol–water partition coefficient (Wildman–Crippen LogP) is 3.28. The highest BCUT2D eigenvalue weighted by Crippen LogP contribution is 2.16. The zero-order chi connectivity index (χ0) is 16.6. The average molecular weight is 317 g/mol. The van der Waals surface area contributed by atoms with Crippen LogP contribution in [0.4, 0.5) is 13.2 Å². The van der Waals surface area contributed by atoms with Crippen molar-refractivity contribution in [2.24, 2.45) is 0 Å². The van der Waals surface area contributed by atoms with Crippen molar-refractivity contribution in [1.29, 1.82) is 0 Å². The molecule has 0 radical (unpaired) electrons. The van der Waals surface area contributed by atoms with Crippen molar-refractivity contribution in [2.75, 3.05) is 0 Å². The lowest BCUT2D eigenvalue weighted by atomic mass is 10.1. The zero-order valence-corrected chi connectivity index (χ0v) is 11.7. The minimum absolute atomic E-state index is 0.0257. The molecular weight excluding hydrogens is 307 g/mol. The Morgan fingerprint density at radius 2 is 1.65 bits per heavy atom. The molecule has 0 aliphatic rings. The molecule has 2 aromatic carbocycles. The molecule has 0 fully saturated rings. The van der Waals surface area contributed by atoms with Gasteiger partial charge in [0.25, 0.3) is 0 Å². The summed E-state index contributed by atoms with van der Waals surface area (Å²) in [6, 6.07) is 6.64. The summed E-state index contributed by atoms with van der Waals surface area (Å²) in [4.78, 5) is 23.1. The third-order valence-electron chi connectivity index (χ3n) is 3.47. The number of benzene rings is 2. The Hall–Kier alpha value is -2.89. The van der Waals surface area contributed by atoms with E-state index in [0.29, 0.717) is 17.4 Å². The van der Waals surface area contributed by atoms with Crippen molar-refractivity contribution < 1.29 is 18.0 Å². The molecule has 0 atom stereocenters. The Kier molecular flexibility index (Phi) is 3.73. The van der Waals surface area contributed by atoms with Gasteiger partial charge in [-0.3, -0.25) is 9.59 Å². The van der Waals surface area contributed by atoms with Gasteiger partial charge in [0.1, 0.15) is 17.5 Å². The predicted molar refractivity (Wildman–Crippen MR) is 79.0 cm³/mol. The number of carbonyl (C=O) groups is 1. The first kappa shape index (κ1) is 15.0. The van der Waals surface area contributed by atoms with Gasteiger partial charge in [-0.05, 0) is 35.9 Å². The molecule has 1 heterocycles. The maximum absolute atomic E-state index is 13.4. The van der Waals surface area contributed by atoms with Crippen LogP contribution in [0.2, 0.25) is 0 Å². The molecule has 0 aliphatic heterocycles. The summed E-state index contributed by atoms with van der Waals surface area (Å²) < 4.78 is 41.5. The summed E-state index contributed by atoms with van der Waals surface area (Å²) in [5.41, 5.74) is -0.0589. The van der Waals surface area contributed by atoms with Gasteiger partial charge in [0.05, 0.1) is 11.1 Å². The zero-order valence-electron chi connectivity index (χ0n) is 11.7. The Labute approximate surface area is 128 Å². The van der Waals surface area contributed by atoms with E-state index in [-0.39, 0.29) is 17.5 Å². The molecule has 3 nitrogen and oxygen atoms in total. The number of hydrogen-bond donors (Lipinski definition) is 0. The molecule has 0 saturated heterocycles. The number of nitrogens with zero attached hydrogens (tertiary/aromatic N) is 1. The summed E-state index contributed by atoms with van der Waals surface area (Å²) >= 11 is 0. The van der Waals surface area contributed by atoms with Crippen LogP contribution >= 0.6 is 0 Å². The van der Waals surface area contributed by atoms with E-state index < -0.39 is 22.9 Å². The Morgan fingerprint density at radius 1 is 0.957 bits per heavy atom. The van der Waals surface area contributed by atoms with Crippen LogP contribution in [0.1, 0.15) is 15.9 Å². The van der Waals surface area contributed by atoms with Gasteiger partial charge >= 0.3 is 0 Å². The van der Waals surface area contributed by atoms with Gasteiger partial charge in [-0.25, -0.2) is 13.2 Å². The fourth-order valence-electron chi connectivity index (χ4n) is 2.51. The quantitative estimate of drug-likeness (QED) is 0.696. The van der Waals surface area contributed by atoms with Crippen molar-refractivity contribution in [1.82, 2.24) is 4.57 Å². The van der Waals surface area contributed by atoms with Crippen LogP contribution in [-0.2, 0) is 6.54 Å². The third-order valence-corrected chi connectivity index (χ3v) is 3.47. The van der Waals surface area contributed by atoms with E-state index in [1.54, 1.807) is 0 Å². The molecule has 0 spiro atoms. The van der Waals surface area contributed by atoms with Crippen LogP contribution in [0.25, 0.3) is 10.9 Å². The number of fused-ring (bicyclic) bond motifs is 1. The van der Waals surface area contributed by atoms with Gasteiger partial charge in [-0.1, -0.05) is 0 Å². The van der Waals surface area contributed by atoms with Crippen LogP contribution in [0.5, 0.6) is 0 Å². The van der Waals surface area contributed by atoms with E-state index in [0.717, 1.165) is 24.3 Å². The lowest BCUT2D eigenvalue weighted by molar-refractivity contribution is 0.112. The van der Waals surface area contributed by atoms with Crippen LogP contribution in [-0.4, -0.2) is 10.9 Å². The Balaban J connectivity index is 2.22. The minimum Gasteiger partial charge on any atom is -0.342 e. The van der Waals surface area contributed by atoms with E-state index in [1.165, 1.54) is 22.9 Å². The van der Waals surface area contributed by atoms with E-state index >= 15 is 0 Å². The summed E-state index contributed by atoms with van der Waals surface area (Å²) in [5, 5.41) is 0.0338. The number of halogens is 3. The second-order valence-electron chi connectivity index (χ2n) is 5.10. The largest absolute Gasteiger partial charge is 0.342 e.